The maximum Gasteiger partial charge on any atom is 0.342 e. The molecule has 1 heterocycles. The van der Waals surface area contributed by atoms with Gasteiger partial charge in [0.15, 0.2) is 0 Å². The maximum atomic E-state index is 11.9. The van der Waals surface area contributed by atoms with Gasteiger partial charge in [0, 0.05) is 5.39 Å². The summed E-state index contributed by atoms with van der Waals surface area (Å²) in [6.45, 7) is 3.76. The Hall–Kier alpha value is -2.50. The summed E-state index contributed by atoms with van der Waals surface area (Å²) in [5.41, 5.74) is 7.87. The number of fused-ring (bicyclic) bond motifs is 1. The number of carbonyl (C=O) groups is 2. The van der Waals surface area contributed by atoms with Gasteiger partial charge in [0.25, 0.3) is 0 Å². The van der Waals surface area contributed by atoms with Gasteiger partial charge in [-0.3, -0.25) is 0 Å². The van der Waals surface area contributed by atoms with Gasteiger partial charge in [-0.1, -0.05) is 6.07 Å². The van der Waals surface area contributed by atoms with E-state index < -0.39 is 11.9 Å². The molecule has 0 atom stereocenters. The molecule has 6 nitrogen and oxygen atoms in total. The van der Waals surface area contributed by atoms with Crippen LogP contribution in [0.3, 0.4) is 0 Å². The Bertz CT molecular complexity index is 688. The van der Waals surface area contributed by atoms with Gasteiger partial charge < -0.3 is 20.2 Å². The molecule has 0 unspecified atom stereocenters. The first-order valence-corrected chi connectivity index (χ1v) is 6.17. The number of rotatable bonds is 3. The lowest BCUT2D eigenvalue weighted by Gasteiger charge is -2.05. The van der Waals surface area contributed by atoms with Crippen molar-refractivity contribution in [3.63, 3.8) is 0 Å². The van der Waals surface area contributed by atoms with Crippen LogP contribution < -0.4 is 5.73 Å². The average molecular weight is 276 g/mol. The number of hydrogen-bond acceptors (Lipinski definition) is 5. The van der Waals surface area contributed by atoms with E-state index in [4.69, 9.17) is 15.2 Å². The number of esters is 2. The summed E-state index contributed by atoms with van der Waals surface area (Å²) >= 11 is 0. The molecular formula is C14H16N2O4. The first-order chi connectivity index (χ1) is 9.51. The average Bonchev–Trinajstić information content (AvgIpc) is 2.76. The highest BCUT2D eigenvalue weighted by Gasteiger charge is 2.21. The molecule has 106 valence electrons. The summed E-state index contributed by atoms with van der Waals surface area (Å²) in [5, 5.41) is 0.631. The van der Waals surface area contributed by atoms with E-state index in [-0.39, 0.29) is 12.4 Å². The normalized spacial score (nSPS) is 10.6. The van der Waals surface area contributed by atoms with Crippen molar-refractivity contribution in [3.05, 3.63) is 28.8 Å². The lowest BCUT2D eigenvalue weighted by molar-refractivity contribution is 0.0529. The van der Waals surface area contributed by atoms with Crippen LogP contribution in [0, 0.1) is 6.92 Å². The first-order valence-electron chi connectivity index (χ1n) is 6.17. The lowest BCUT2D eigenvalue weighted by atomic mass is 10.0. The molecule has 0 radical (unpaired) electrons. The fourth-order valence-corrected chi connectivity index (χ4v) is 2.18. The van der Waals surface area contributed by atoms with Gasteiger partial charge in [-0.2, -0.15) is 0 Å². The molecule has 1 aromatic heterocycles. The predicted octanol–water partition coefficient (Wildman–Crippen LogP) is 2.02. The van der Waals surface area contributed by atoms with E-state index in [0.717, 1.165) is 0 Å². The Morgan fingerprint density at radius 2 is 2.00 bits per heavy atom. The van der Waals surface area contributed by atoms with Crippen LogP contribution in [0.1, 0.15) is 33.2 Å². The minimum atomic E-state index is -0.485. The molecule has 6 heteroatoms. The number of nitrogens with one attached hydrogen (secondary N) is 1. The van der Waals surface area contributed by atoms with Crippen molar-refractivity contribution in [3.8, 4) is 0 Å². The third kappa shape index (κ3) is 2.09. The minimum Gasteiger partial charge on any atom is -0.465 e. The molecule has 0 spiro atoms. The highest BCUT2D eigenvalue weighted by atomic mass is 16.5. The Kier molecular flexibility index (Phi) is 3.65. The number of nitrogen functional groups attached to an aromatic ring is 1. The number of aromatic nitrogens is 1. The van der Waals surface area contributed by atoms with Gasteiger partial charge in [0.1, 0.15) is 11.4 Å². The van der Waals surface area contributed by atoms with Crippen molar-refractivity contribution < 1.29 is 19.1 Å². The molecule has 0 fully saturated rings. The molecule has 1 aromatic carbocycles. The highest BCUT2D eigenvalue weighted by molar-refractivity contribution is 6.11. The number of aromatic amines is 1. The second-order valence-corrected chi connectivity index (χ2v) is 4.29. The standard InChI is InChI=1S/C14H16N2O4/c1-4-20-14(18)10-9-6-5-8(13(17)19-3)7(2)11(9)16-12(10)15/h5-6,16H,4,15H2,1-3H3. The Morgan fingerprint density at radius 1 is 1.30 bits per heavy atom. The summed E-state index contributed by atoms with van der Waals surface area (Å²) in [4.78, 5) is 26.5. The summed E-state index contributed by atoms with van der Waals surface area (Å²) in [6.07, 6.45) is 0. The fourth-order valence-electron chi connectivity index (χ4n) is 2.18. The smallest absolute Gasteiger partial charge is 0.342 e. The molecular weight excluding hydrogens is 260 g/mol. The van der Waals surface area contributed by atoms with E-state index in [1.54, 1.807) is 26.0 Å². The molecule has 0 aliphatic rings. The molecule has 0 saturated heterocycles. The van der Waals surface area contributed by atoms with E-state index in [9.17, 15) is 9.59 Å². The zero-order chi connectivity index (χ0) is 14.9. The topological polar surface area (TPSA) is 94.4 Å². The molecule has 0 saturated carbocycles. The van der Waals surface area contributed by atoms with Crippen LogP contribution in [-0.4, -0.2) is 30.6 Å². The Balaban J connectivity index is 2.65. The van der Waals surface area contributed by atoms with Gasteiger partial charge in [0.2, 0.25) is 0 Å². The van der Waals surface area contributed by atoms with Gasteiger partial charge in [-0.15, -0.1) is 0 Å². The van der Waals surface area contributed by atoms with Gasteiger partial charge >= 0.3 is 11.9 Å². The van der Waals surface area contributed by atoms with E-state index in [1.807, 2.05) is 0 Å². The maximum absolute atomic E-state index is 11.9. The largest absolute Gasteiger partial charge is 0.465 e. The molecule has 0 aliphatic heterocycles. The number of anilines is 1. The van der Waals surface area contributed by atoms with Gasteiger partial charge in [-0.05, 0) is 25.5 Å². The number of H-pyrrole nitrogens is 1. The number of nitrogens with two attached hydrogens (primary N) is 1. The first kappa shape index (κ1) is 13.9. The van der Waals surface area contributed by atoms with E-state index in [0.29, 0.717) is 27.6 Å². The molecule has 0 amide bonds. The van der Waals surface area contributed by atoms with Crippen molar-refractivity contribution in [2.45, 2.75) is 13.8 Å². The van der Waals surface area contributed by atoms with E-state index in [1.165, 1.54) is 7.11 Å². The molecule has 0 bridgehead atoms. The zero-order valence-electron chi connectivity index (χ0n) is 11.6. The number of benzene rings is 1. The molecule has 2 rings (SSSR count). The lowest BCUT2D eigenvalue weighted by Crippen LogP contribution is -2.07. The van der Waals surface area contributed by atoms with Crippen LogP contribution in [0.5, 0.6) is 0 Å². The SMILES string of the molecule is CCOC(=O)c1c(N)[nH]c2c(C)c(C(=O)OC)ccc12. The van der Waals surface area contributed by atoms with Crippen LogP contribution in [0.15, 0.2) is 12.1 Å². The number of aryl methyl sites for hydroxylation is 1. The van der Waals surface area contributed by atoms with Crippen LogP contribution >= 0.6 is 0 Å². The minimum absolute atomic E-state index is 0.226. The Morgan fingerprint density at radius 3 is 2.60 bits per heavy atom. The summed E-state index contributed by atoms with van der Waals surface area (Å²) in [7, 11) is 1.32. The molecule has 20 heavy (non-hydrogen) atoms. The zero-order valence-corrected chi connectivity index (χ0v) is 11.6. The van der Waals surface area contributed by atoms with Gasteiger partial charge in [0.05, 0.1) is 24.8 Å². The monoisotopic (exact) mass is 276 g/mol. The van der Waals surface area contributed by atoms with Crippen molar-refractivity contribution in [2.75, 3.05) is 19.5 Å². The fraction of sp³-hybridized carbons (Fsp3) is 0.286. The third-order valence-electron chi connectivity index (χ3n) is 3.15. The molecule has 0 aliphatic carbocycles. The van der Waals surface area contributed by atoms with E-state index in [2.05, 4.69) is 4.98 Å². The third-order valence-corrected chi connectivity index (χ3v) is 3.15. The number of ether oxygens (including phenoxy) is 2. The quantitative estimate of drug-likeness (QED) is 0.836. The van der Waals surface area contributed by atoms with Crippen molar-refractivity contribution in [2.24, 2.45) is 0 Å². The second-order valence-electron chi connectivity index (χ2n) is 4.29. The molecule has 3 N–H and O–H groups in total. The van der Waals surface area contributed by atoms with E-state index >= 15 is 0 Å². The summed E-state index contributed by atoms with van der Waals surface area (Å²) < 4.78 is 9.70. The van der Waals surface area contributed by atoms with Crippen LogP contribution in [0.4, 0.5) is 5.82 Å². The van der Waals surface area contributed by atoms with Crippen LogP contribution in [0.2, 0.25) is 0 Å². The van der Waals surface area contributed by atoms with Gasteiger partial charge in [-0.25, -0.2) is 9.59 Å². The molecule has 2 aromatic rings. The highest BCUT2D eigenvalue weighted by Crippen LogP contribution is 2.29. The second kappa shape index (κ2) is 5.24. The van der Waals surface area contributed by atoms with Crippen LogP contribution in [0.25, 0.3) is 10.9 Å². The van der Waals surface area contributed by atoms with Crippen molar-refractivity contribution in [1.82, 2.24) is 4.98 Å². The number of hydrogen-bond donors (Lipinski definition) is 2. The summed E-state index contributed by atoms with van der Waals surface area (Å²) in [5.74, 6) is -0.694. The number of carbonyl (C=O) groups excluding carboxylic acids is 2. The predicted molar refractivity (Wildman–Crippen MR) is 74.7 cm³/mol. The van der Waals surface area contributed by atoms with Crippen LogP contribution in [-0.2, 0) is 9.47 Å². The van der Waals surface area contributed by atoms with Crippen molar-refractivity contribution in [1.29, 1.82) is 0 Å². The van der Waals surface area contributed by atoms with Crippen molar-refractivity contribution >= 4 is 28.7 Å². The number of methoxy groups -OCH3 is 1. The Labute approximate surface area is 115 Å². The summed E-state index contributed by atoms with van der Waals surface area (Å²) in [6, 6.07) is 3.27.